The molecule has 1 aromatic carbocycles. The summed E-state index contributed by atoms with van der Waals surface area (Å²) >= 11 is 6.02. The molecule has 0 saturated heterocycles. The molecule has 5 heteroatoms. The van der Waals surface area contributed by atoms with Gasteiger partial charge in [-0.2, -0.15) is 0 Å². The van der Waals surface area contributed by atoms with Crippen LogP contribution in [0.25, 0.3) is 33.5 Å². The molecule has 0 aliphatic rings. The first-order valence-electron chi connectivity index (χ1n) is 6.16. The normalized spacial score (nSPS) is 11.2. The summed E-state index contributed by atoms with van der Waals surface area (Å²) in [5, 5.41) is 1.69. The predicted octanol–water partition coefficient (Wildman–Crippen LogP) is 3.83. The first-order valence-corrected chi connectivity index (χ1v) is 6.54. The van der Waals surface area contributed by atoms with Gasteiger partial charge in [-0.05, 0) is 36.4 Å². The Hall–Kier alpha value is -2.46. The molecule has 4 aromatic rings. The molecular formula is C15H9ClN4. The van der Waals surface area contributed by atoms with Crippen molar-refractivity contribution in [3.8, 4) is 11.4 Å². The fraction of sp³-hybridized carbons (Fsp3) is 0. The van der Waals surface area contributed by atoms with Gasteiger partial charge < -0.3 is 4.98 Å². The molecule has 0 aliphatic heterocycles. The molecule has 4 rings (SSSR count). The Balaban J connectivity index is 1.92. The molecule has 0 spiro atoms. The number of hydrogen-bond acceptors (Lipinski definition) is 3. The van der Waals surface area contributed by atoms with Gasteiger partial charge in [-0.1, -0.05) is 11.6 Å². The van der Waals surface area contributed by atoms with E-state index in [2.05, 4.69) is 19.9 Å². The van der Waals surface area contributed by atoms with Crippen LogP contribution in [0.3, 0.4) is 0 Å². The highest BCUT2D eigenvalue weighted by atomic mass is 35.5. The SMILES string of the molecule is Clc1ccc2ncc(-c3nc4ncccc4[nH]3)cc2c1. The lowest BCUT2D eigenvalue weighted by Crippen LogP contribution is -1.84. The fourth-order valence-electron chi connectivity index (χ4n) is 2.21. The summed E-state index contributed by atoms with van der Waals surface area (Å²) in [5.41, 5.74) is 3.44. The molecule has 0 unspecified atom stereocenters. The van der Waals surface area contributed by atoms with Crippen molar-refractivity contribution in [2.75, 3.05) is 0 Å². The minimum absolute atomic E-state index is 0.697. The third-order valence-electron chi connectivity index (χ3n) is 3.17. The summed E-state index contributed by atoms with van der Waals surface area (Å²) in [4.78, 5) is 16.4. The second kappa shape index (κ2) is 4.28. The van der Waals surface area contributed by atoms with E-state index in [9.17, 15) is 0 Å². The van der Waals surface area contributed by atoms with Crippen molar-refractivity contribution in [1.82, 2.24) is 19.9 Å². The minimum Gasteiger partial charge on any atom is -0.337 e. The van der Waals surface area contributed by atoms with E-state index in [0.29, 0.717) is 10.7 Å². The van der Waals surface area contributed by atoms with Gasteiger partial charge in [-0.15, -0.1) is 0 Å². The maximum absolute atomic E-state index is 6.02. The topological polar surface area (TPSA) is 54.5 Å². The first-order chi connectivity index (χ1) is 9.79. The third kappa shape index (κ3) is 1.82. The minimum atomic E-state index is 0.697. The molecule has 20 heavy (non-hydrogen) atoms. The molecule has 96 valence electrons. The molecule has 0 atom stereocenters. The number of imidazole rings is 1. The fourth-order valence-corrected chi connectivity index (χ4v) is 2.39. The summed E-state index contributed by atoms with van der Waals surface area (Å²) in [6.45, 7) is 0. The molecule has 3 heterocycles. The smallest absolute Gasteiger partial charge is 0.178 e. The summed E-state index contributed by atoms with van der Waals surface area (Å²) in [6.07, 6.45) is 3.53. The van der Waals surface area contributed by atoms with Gasteiger partial charge in [0.25, 0.3) is 0 Å². The Morgan fingerprint density at radius 3 is 2.90 bits per heavy atom. The zero-order chi connectivity index (χ0) is 13.5. The molecule has 4 nitrogen and oxygen atoms in total. The van der Waals surface area contributed by atoms with Crippen molar-refractivity contribution < 1.29 is 0 Å². The summed E-state index contributed by atoms with van der Waals surface area (Å²) in [6, 6.07) is 11.5. The highest BCUT2D eigenvalue weighted by Crippen LogP contribution is 2.24. The van der Waals surface area contributed by atoms with Gasteiger partial charge in [0.15, 0.2) is 5.65 Å². The number of benzene rings is 1. The average Bonchev–Trinajstić information content (AvgIpc) is 2.90. The van der Waals surface area contributed by atoms with Crippen molar-refractivity contribution in [2.45, 2.75) is 0 Å². The Morgan fingerprint density at radius 2 is 2.00 bits per heavy atom. The van der Waals surface area contributed by atoms with Gasteiger partial charge in [0.1, 0.15) is 5.82 Å². The van der Waals surface area contributed by atoms with Crippen LogP contribution in [-0.2, 0) is 0 Å². The number of hydrogen-bond donors (Lipinski definition) is 1. The van der Waals surface area contributed by atoms with E-state index in [1.54, 1.807) is 12.4 Å². The monoisotopic (exact) mass is 280 g/mol. The van der Waals surface area contributed by atoms with Crippen LogP contribution in [0.4, 0.5) is 0 Å². The quantitative estimate of drug-likeness (QED) is 0.576. The lowest BCUT2D eigenvalue weighted by Gasteiger charge is -2.00. The van der Waals surface area contributed by atoms with E-state index >= 15 is 0 Å². The van der Waals surface area contributed by atoms with Gasteiger partial charge in [-0.3, -0.25) is 4.98 Å². The van der Waals surface area contributed by atoms with E-state index in [4.69, 9.17) is 11.6 Å². The molecule has 3 aromatic heterocycles. The van der Waals surface area contributed by atoms with Crippen LogP contribution in [0.15, 0.2) is 48.8 Å². The van der Waals surface area contributed by atoms with Crippen LogP contribution < -0.4 is 0 Å². The number of fused-ring (bicyclic) bond motifs is 2. The second-order valence-corrected chi connectivity index (χ2v) is 4.96. The van der Waals surface area contributed by atoms with Crippen molar-refractivity contribution in [3.05, 3.63) is 53.8 Å². The Morgan fingerprint density at radius 1 is 1.05 bits per heavy atom. The van der Waals surface area contributed by atoms with Gasteiger partial charge in [-0.25, -0.2) is 9.97 Å². The van der Waals surface area contributed by atoms with Crippen molar-refractivity contribution >= 4 is 33.7 Å². The van der Waals surface area contributed by atoms with Crippen molar-refractivity contribution in [1.29, 1.82) is 0 Å². The molecule has 0 bridgehead atoms. The third-order valence-corrected chi connectivity index (χ3v) is 3.41. The van der Waals surface area contributed by atoms with Gasteiger partial charge in [0.2, 0.25) is 0 Å². The number of nitrogens with zero attached hydrogens (tertiary/aromatic N) is 3. The lowest BCUT2D eigenvalue weighted by molar-refractivity contribution is 1.28. The highest BCUT2D eigenvalue weighted by molar-refractivity contribution is 6.31. The second-order valence-electron chi connectivity index (χ2n) is 4.52. The van der Waals surface area contributed by atoms with Gasteiger partial charge >= 0.3 is 0 Å². The standard InChI is InChI=1S/C15H9ClN4/c16-11-3-4-12-9(7-11)6-10(8-18-12)14-19-13-2-1-5-17-15(13)20-14/h1-8H,(H,17,19,20). The zero-order valence-corrected chi connectivity index (χ0v) is 11.1. The van der Waals surface area contributed by atoms with Crippen LogP contribution >= 0.6 is 11.6 Å². The number of pyridine rings is 2. The molecule has 0 aliphatic carbocycles. The van der Waals surface area contributed by atoms with Crippen LogP contribution in [0.1, 0.15) is 0 Å². The summed E-state index contributed by atoms with van der Waals surface area (Å²) in [5.74, 6) is 0.757. The number of aromatic nitrogens is 4. The maximum Gasteiger partial charge on any atom is 0.178 e. The van der Waals surface area contributed by atoms with E-state index in [1.165, 1.54) is 0 Å². The Kier molecular flexibility index (Phi) is 2.44. The van der Waals surface area contributed by atoms with Crippen LogP contribution in [0, 0.1) is 0 Å². The van der Waals surface area contributed by atoms with E-state index < -0.39 is 0 Å². The number of halogens is 1. The van der Waals surface area contributed by atoms with Crippen molar-refractivity contribution in [2.24, 2.45) is 0 Å². The first kappa shape index (κ1) is 11.4. The van der Waals surface area contributed by atoms with Gasteiger partial charge in [0, 0.05) is 28.4 Å². The van der Waals surface area contributed by atoms with Crippen LogP contribution in [0.5, 0.6) is 0 Å². The largest absolute Gasteiger partial charge is 0.337 e. The number of rotatable bonds is 1. The van der Waals surface area contributed by atoms with E-state index in [-0.39, 0.29) is 0 Å². The van der Waals surface area contributed by atoms with Gasteiger partial charge in [0.05, 0.1) is 11.0 Å². The molecule has 0 radical (unpaired) electrons. The van der Waals surface area contributed by atoms with Crippen LogP contribution in [0.2, 0.25) is 5.02 Å². The summed E-state index contributed by atoms with van der Waals surface area (Å²) < 4.78 is 0. The maximum atomic E-state index is 6.02. The average molecular weight is 281 g/mol. The lowest BCUT2D eigenvalue weighted by atomic mass is 10.1. The summed E-state index contributed by atoms with van der Waals surface area (Å²) in [7, 11) is 0. The Bertz CT molecular complexity index is 896. The molecule has 0 saturated carbocycles. The molecule has 1 N–H and O–H groups in total. The number of nitrogens with one attached hydrogen (secondary N) is 1. The van der Waals surface area contributed by atoms with Crippen molar-refractivity contribution in [3.63, 3.8) is 0 Å². The molecule has 0 amide bonds. The highest BCUT2D eigenvalue weighted by Gasteiger charge is 2.07. The van der Waals surface area contributed by atoms with E-state index in [0.717, 1.165) is 27.8 Å². The Labute approximate surface area is 119 Å². The van der Waals surface area contributed by atoms with E-state index in [1.807, 2.05) is 36.4 Å². The number of aromatic amines is 1. The number of H-pyrrole nitrogens is 1. The van der Waals surface area contributed by atoms with Crippen LogP contribution in [-0.4, -0.2) is 19.9 Å². The predicted molar refractivity (Wildman–Crippen MR) is 79.6 cm³/mol. The molecular weight excluding hydrogens is 272 g/mol. The molecule has 0 fully saturated rings. The zero-order valence-electron chi connectivity index (χ0n) is 10.3.